The highest BCUT2D eigenvalue weighted by molar-refractivity contribution is 5.83. The van der Waals surface area contributed by atoms with Crippen molar-refractivity contribution in [2.45, 2.75) is 18.6 Å². The maximum Gasteiger partial charge on any atom is 0.310 e. The Morgan fingerprint density at radius 3 is 2.43 bits per heavy atom. The molecule has 5 nitrogen and oxygen atoms in total. The van der Waals surface area contributed by atoms with E-state index in [0.29, 0.717) is 0 Å². The molecule has 2 aliphatic heterocycles. The lowest BCUT2D eigenvalue weighted by Gasteiger charge is -2.24. The summed E-state index contributed by atoms with van der Waals surface area (Å²) in [6, 6.07) is 0. The Labute approximate surface area is 80.0 Å². The van der Waals surface area contributed by atoms with Crippen LogP contribution < -0.4 is 0 Å². The topological polar surface area (TPSA) is 83.8 Å². The third kappa shape index (κ3) is 0.988. The number of carbonyl (C=O) groups is 2. The van der Waals surface area contributed by atoms with Crippen LogP contribution >= 0.6 is 0 Å². The van der Waals surface area contributed by atoms with Gasteiger partial charge in [0.25, 0.3) is 0 Å². The molecule has 76 valence electrons. The first-order valence-electron chi connectivity index (χ1n) is 4.28. The number of ether oxygens (including phenoxy) is 1. The van der Waals surface area contributed by atoms with Gasteiger partial charge in [0.15, 0.2) is 0 Å². The minimum Gasteiger partial charge on any atom is -0.481 e. The second kappa shape index (κ2) is 2.57. The largest absolute Gasteiger partial charge is 0.481 e. The monoisotopic (exact) mass is 198 g/mol. The van der Waals surface area contributed by atoms with E-state index in [4.69, 9.17) is 14.9 Å². The van der Waals surface area contributed by atoms with E-state index in [1.54, 1.807) is 19.1 Å². The molecule has 2 rings (SSSR count). The Morgan fingerprint density at radius 2 is 2.00 bits per heavy atom. The molecule has 0 radical (unpaired) electrons. The third-order valence-corrected chi connectivity index (χ3v) is 2.89. The molecule has 0 aromatic rings. The smallest absolute Gasteiger partial charge is 0.310 e. The lowest BCUT2D eigenvalue weighted by Crippen LogP contribution is -2.41. The van der Waals surface area contributed by atoms with E-state index in [1.165, 1.54) is 0 Å². The molecule has 1 saturated heterocycles. The molecule has 0 aromatic heterocycles. The first-order valence-corrected chi connectivity index (χ1v) is 4.28. The molecule has 5 heteroatoms. The molecule has 4 atom stereocenters. The highest BCUT2D eigenvalue weighted by Crippen LogP contribution is 2.46. The molecule has 14 heavy (non-hydrogen) atoms. The lowest BCUT2D eigenvalue weighted by molar-refractivity contribution is -0.154. The summed E-state index contributed by atoms with van der Waals surface area (Å²) in [7, 11) is 0. The molecule has 0 unspecified atom stereocenters. The van der Waals surface area contributed by atoms with E-state index < -0.39 is 35.5 Å². The molecule has 2 heterocycles. The maximum atomic E-state index is 10.9. The molecule has 2 aliphatic rings. The van der Waals surface area contributed by atoms with Gasteiger partial charge in [0.1, 0.15) is 11.8 Å². The highest BCUT2D eigenvalue weighted by Gasteiger charge is 2.60. The predicted molar refractivity (Wildman–Crippen MR) is 44.7 cm³/mol. The second-order valence-corrected chi connectivity index (χ2v) is 3.81. The quantitative estimate of drug-likeness (QED) is 0.615. The fraction of sp³-hybridized carbons (Fsp3) is 0.556. The van der Waals surface area contributed by atoms with Crippen LogP contribution in [0, 0.1) is 11.8 Å². The summed E-state index contributed by atoms with van der Waals surface area (Å²) in [5.74, 6) is -4.19. The summed E-state index contributed by atoms with van der Waals surface area (Å²) in [5, 5.41) is 17.8. The van der Waals surface area contributed by atoms with Crippen molar-refractivity contribution in [1.82, 2.24) is 0 Å². The van der Waals surface area contributed by atoms with Crippen LogP contribution in [-0.2, 0) is 14.3 Å². The number of hydrogen-bond acceptors (Lipinski definition) is 3. The van der Waals surface area contributed by atoms with Gasteiger partial charge in [-0.2, -0.15) is 0 Å². The van der Waals surface area contributed by atoms with E-state index in [2.05, 4.69) is 0 Å². The van der Waals surface area contributed by atoms with Gasteiger partial charge in [0, 0.05) is 0 Å². The summed E-state index contributed by atoms with van der Waals surface area (Å²) >= 11 is 0. The van der Waals surface area contributed by atoms with Gasteiger partial charge in [0.05, 0.1) is 11.7 Å². The van der Waals surface area contributed by atoms with E-state index >= 15 is 0 Å². The molecular weight excluding hydrogens is 188 g/mol. The van der Waals surface area contributed by atoms with Crippen LogP contribution in [0.4, 0.5) is 0 Å². The minimum absolute atomic E-state index is 0.599. The Bertz CT molecular complexity index is 334. The molecule has 0 aliphatic carbocycles. The van der Waals surface area contributed by atoms with Gasteiger partial charge in [-0.1, -0.05) is 12.2 Å². The average molecular weight is 198 g/mol. The van der Waals surface area contributed by atoms with Crippen LogP contribution in [0.3, 0.4) is 0 Å². The molecule has 0 spiro atoms. The predicted octanol–water partition coefficient (Wildman–Crippen LogP) is 0.115. The van der Waals surface area contributed by atoms with Crippen molar-refractivity contribution in [3.63, 3.8) is 0 Å². The molecule has 2 bridgehead atoms. The number of hydrogen-bond donors (Lipinski definition) is 2. The zero-order valence-electron chi connectivity index (χ0n) is 7.51. The first-order chi connectivity index (χ1) is 6.46. The summed E-state index contributed by atoms with van der Waals surface area (Å²) < 4.78 is 5.33. The van der Waals surface area contributed by atoms with Crippen molar-refractivity contribution in [2.24, 2.45) is 11.8 Å². The normalized spacial score (nSPS) is 44.2. The minimum atomic E-state index is -1.12. The number of carboxylic acid groups (broad SMARTS) is 2. The van der Waals surface area contributed by atoms with Crippen LogP contribution in [-0.4, -0.2) is 33.9 Å². The van der Waals surface area contributed by atoms with E-state index in [1.807, 2.05) is 0 Å². The van der Waals surface area contributed by atoms with Crippen LogP contribution in [0.25, 0.3) is 0 Å². The summed E-state index contributed by atoms with van der Waals surface area (Å²) in [6.07, 6.45) is 2.66. The van der Waals surface area contributed by atoms with Gasteiger partial charge in [-0.15, -0.1) is 0 Å². The molecule has 1 fully saturated rings. The Hall–Kier alpha value is -1.36. The third-order valence-electron chi connectivity index (χ3n) is 2.89. The van der Waals surface area contributed by atoms with E-state index in [9.17, 15) is 9.59 Å². The van der Waals surface area contributed by atoms with Crippen molar-refractivity contribution in [3.8, 4) is 0 Å². The van der Waals surface area contributed by atoms with Crippen LogP contribution in [0.15, 0.2) is 12.2 Å². The maximum absolute atomic E-state index is 10.9. The van der Waals surface area contributed by atoms with Gasteiger partial charge in [-0.3, -0.25) is 9.59 Å². The van der Waals surface area contributed by atoms with Gasteiger partial charge in [0.2, 0.25) is 0 Å². The van der Waals surface area contributed by atoms with Crippen molar-refractivity contribution in [2.75, 3.05) is 0 Å². The van der Waals surface area contributed by atoms with Crippen molar-refractivity contribution < 1.29 is 24.5 Å². The van der Waals surface area contributed by atoms with Crippen molar-refractivity contribution in [1.29, 1.82) is 0 Å². The molecule has 0 aromatic carbocycles. The summed E-state index contributed by atoms with van der Waals surface area (Å²) in [6.45, 7) is 1.60. The van der Waals surface area contributed by atoms with Gasteiger partial charge in [-0.25, -0.2) is 0 Å². The number of rotatable bonds is 2. The average Bonchev–Trinajstić information content (AvgIpc) is 2.55. The number of aliphatic carboxylic acids is 2. The van der Waals surface area contributed by atoms with Crippen LogP contribution in [0.2, 0.25) is 0 Å². The van der Waals surface area contributed by atoms with Gasteiger partial charge < -0.3 is 14.9 Å². The SMILES string of the molecule is C[C@]12C=C[C@@H](O1)[C@@H](C(=O)O)[C@H]2C(=O)O. The van der Waals surface area contributed by atoms with Crippen LogP contribution in [0.1, 0.15) is 6.92 Å². The molecular formula is C9H10O5. The lowest BCUT2D eigenvalue weighted by atomic mass is 9.76. The highest BCUT2D eigenvalue weighted by atomic mass is 16.5. The molecule has 0 saturated carbocycles. The Balaban J connectivity index is 2.41. The second-order valence-electron chi connectivity index (χ2n) is 3.81. The number of fused-ring (bicyclic) bond motifs is 2. The fourth-order valence-corrected chi connectivity index (χ4v) is 2.26. The number of carboxylic acids is 2. The van der Waals surface area contributed by atoms with Gasteiger partial charge >= 0.3 is 11.9 Å². The fourth-order valence-electron chi connectivity index (χ4n) is 2.26. The Kier molecular flexibility index (Phi) is 1.69. The van der Waals surface area contributed by atoms with Crippen LogP contribution in [0.5, 0.6) is 0 Å². The summed E-state index contributed by atoms with van der Waals surface area (Å²) in [4.78, 5) is 21.8. The van der Waals surface area contributed by atoms with E-state index in [0.717, 1.165) is 0 Å². The van der Waals surface area contributed by atoms with Gasteiger partial charge in [-0.05, 0) is 6.92 Å². The van der Waals surface area contributed by atoms with E-state index in [-0.39, 0.29) is 0 Å². The van der Waals surface area contributed by atoms with Crippen molar-refractivity contribution in [3.05, 3.63) is 12.2 Å². The Morgan fingerprint density at radius 1 is 1.36 bits per heavy atom. The zero-order valence-corrected chi connectivity index (χ0v) is 7.51. The summed E-state index contributed by atoms with van der Waals surface area (Å²) in [5.41, 5.74) is -0.959. The van der Waals surface area contributed by atoms with Crippen molar-refractivity contribution >= 4 is 11.9 Å². The molecule has 0 amide bonds. The molecule has 2 N–H and O–H groups in total. The standard InChI is InChI=1S/C9H10O5/c1-9-3-2-4(14-9)5(7(10)11)6(9)8(12)13/h2-6H,1H3,(H,10,11)(H,12,13)/t4-,5-,6+,9-/m1/s1. The zero-order chi connectivity index (χ0) is 10.5. The first kappa shape index (κ1) is 9.21.